The molecule has 0 aliphatic rings. The maximum absolute atomic E-state index is 12.5. The summed E-state index contributed by atoms with van der Waals surface area (Å²) in [7, 11) is -3.94. The van der Waals surface area contributed by atoms with Crippen LogP contribution in [0.3, 0.4) is 0 Å². The lowest BCUT2D eigenvalue weighted by Gasteiger charge is -2.16. The molecule has 2 rings (SSSR count). The van der Waals surface area contributed by atoms with E-state index in [1.807, 2.05) is 0 Å². The van der Waals surface area contributed by atoms with Crippen LogP contribution >= 0.6 is 23.2 Å². The average Bonchev–Trinajstić information content (AvgIpc) is 2.58. The molecule has 0 bridgehead atoms. The highest BCUT2D eigenvalue weighted by atomic mass is 35.5. The van der Waals surface area contributed by atoms with E-state index in [1.165, 1.54) is 25.1 Å². The molecule has 0 saturated carbocycles. The number of sulfonamides is 1. The molecule has 0 radical (unpaired) electrons. The number of carbonyl (C=O) groups excluding carboxylic acids is 1. The van der Waals surface area contributed by atoms with E-state index >= 15 is 0 Å². The van der Waals surface area contributed by atoms with Crippen LogP contribution in [0, 0.1) is 6.92 Å². The zero-order chi connectivity index (χ0) is 20.2. The molecule has 0 aliphatic heterocycles. The Morgan fingerprint density at radius 3 is 2.48 bits per heavy atom. The standard InChI is InChI=1S/C18H20Cl2N2O4S/c1-4-26-17-8-6-14(10-15(17)20)27(24,25)22-12(3)18(23)21-16-7-5-13(19)9-11(16)2/h5-10,12,22H,4H2,1-3H3,(H,21,23)/t12-/m1/s1. The number of hydrogen-bond acceptors (Lipinski definition) is 4. The highest BCUT2D eigenvalue weighted by Gasteiger charge is 2.23. The van der Waals surface area contributed by atoms with Gasteiger partial charge in [0.15, 0.2) is 0 Å². The van der Waals surface area contributed by atoms with E-state index in [9.17, 15) is 13.2 Å². The van der Waals surface area contributed by atoms with Gasteiger partial charge in [0.1, 0.15) is 5.75 Å². The van der Waals surface area contributed by atoms with Crippen molar-refractivity contribution in [3.8, 4) is 5.75 Å². The Hall–Kier alpha value is -1.80. The van der Waals surface area contributed by atoms with Crippen LogP contribution in [0.1, 0.15) is 19.4 Å². The first-order chi connectivity index (χ1) is 12.6. The van der Waals surface area contributed by atoms with Crippen LogP contribution in [0.2, 0.25) is 10.0 Å². The molecule has 0 aromatic heterocycles. The lowest BCUT2D eigenvalue weighted by molar-refractivity contribution is -0.117. The fraction of sp³-hybridized carbons (Fsp3) is 0.278. The molecule has 2 aromatic rings. The van der Waals surface area contributed by atoms with Crippen LogP contribution < -0.4 is 14.8 Å². The minimum Gasteiger partial charge on any atom is -0.492 e. The van der Waals surface area contributed by atoms with Gasteiger partial charge in [-0.3, -0.25) is 4.79 Å². The van der Waals surface area contributed by atoms with Gasteiger partial charge in [0, 0.05) is 10.7 Å². The third kappa shape index (κ3) is 5.59. The Morgan fingerprint density at radius 2 is 1.89 bits per heavy atom. The van der Waals surface area contributed by atoms with E-state index in [-0.39, 0.29) is 9.92 Å². The molecule has 0 fully saturated rings. The molecule has 1 atom stereocenters. The topological polar surface area (TPSA) is 84.5 Å². The van der Waals surface area contributed by atoms with E-state index in [1.54, 1.807) is 32.0 Å². The largest absolute Gasteiger partial charge is 0.492 e. The van der Waals surface area contributed by atoms with Crippen LogP contribution in [0.25, 0.3) is 0 Å². The number of carbonyl (C=O) groups is 1. The molecule has 0 heterocycles. The van der Waals surface area contributed by atoms with E-state index in [0.29, 0.717) is 23.1 Å². The molecule has 2 N–H and O–H groups in total. The third-order valence-electron chi connectivity index (χ3n) is 3.69. The normalized spacial score (nSPS) is 12.5. The third-order valence-corrected chi connectivity index (χ3v) is 5.75. The number of anilines is 1. The zero-order valence-electron chi connectivity index (χ0n) is 15.0. The second-order valence-corrected chi connectivity index (χ2v) is 8.37. The second kappa shape index (κ2) is 8.93. The zero-order valence-corrected chi connectivity index (χ0v) is 17.4. The Balaban J connectivity index is 2.12. The number of benzene rings is 2. The van der Waals surface area contributed by atoms with Crippen LogP contribution in [0.5, 0.6) is 5.75 Å². The summed E-state index contributed by atoms with van der Waals surface area (Å²) < 4.78 is 32.7. The summed E-state index contributed by atoms with van der Waals surface area (Å²) in [4.78, 5) is 12.3. The quantitative estimate of drug-likeness (QED) is 0.694. The Bertz CT molecular complexity index is 948. The van der Waals surface area contributed by atoms with Crippen molar-refractivity contribution in [2.75, 3.05) is 11.9 Å². The fourth-order valence-electron chi connectivity index (χ4n) is 2.28. The summed E-state index contributed by atoms with van der Waals surface area (Å²) in [6.07, 6.45) is 0. The molecule has 1 amide bonds. The molecule has 0 saturated heterocycles. The molecule has 9 heteroatoms. The SMILES string of the molecule is CCOc1ccc(S(=O)(=O)N[C@H](C)C(=O)Nc2ccc(Cl)cc2C)cc1Cl. The highest BCUT2D eigenvalue weighted by molar-refractivity contribution is 7.89. The van der Waals surface area contributed by atoms with Gasteiger partial charge in [-0.2, -0.15) is 4.72 Å². The van der Waals surface area contributed by atoms with E-state index in [2.05, 4.69) is 10.0 Å². The first-order valence-corrected chi connectivity index (χ1v) is 10.4. The van der Waals surface area contributed by atoms with Gasteiger partial charge >= 0.3 is 0 Å². The molecule has 0 spiro atoms. The molecule has 27 heavy (non-hydrogen) atoms. The van der Waals surface area contributed by atoms with Crippen molar-refractivity contribution in [2.45, 2.75) is 31.7 Å². The van der Waals surface area contributed by atoms with Gasteiger partial charge in [0.05, 0.1) is 22.6 Å². The number of aryl methyl sites for hydroxylation is 1. The van der Waals surface area contributed by atoms with Crippen molar-refractivity contribution in [1.82, 2.24) is 4.72 Å². The van der Waals surface area contributed by atoms with Gasteiger partial charge < -0.3 is 10.1 Å². The molecular formula is C18H20Cl2N2O4S. The Kier molecular flexibility index (Phi) is 7.11. The molecule has 0 unspecified atom stereocenters. The number of hydrogen-bond donors (Lipinski definition) is 2. The van der Waals surface area contributed by atoms with E-state index < -0.39 is 22.0 Å². The second-order valence-electron chi connectivity index (χ2n) is 5.82. The molecular weight excluding hydrogens is 411 g/mol. The molecule has 6 nitrogen and oxygen atoms in total. The van der Waals surface area contributed by atoms with Crippen molar-refractivity contribution in [3.63, 3.8) is 0 Å². The van der Waals surface area contributed by atoms with E-state index in [0.717, 1.165) is 5.56 Å². The van der Waals surface area contributed by atoms with Gasteiger partial charge in [0.25, 0.3) is 0 Å². The lowest BCUT2D eigenvalue weighted by atomic mass is 10.2. The van der Waals surface area contributed by atoms with Gasteiger partial charge in [-0.1, -0.05) is 23.2 Å². The van der Waals surface area contributed by atoms with Crippen LogP contribution in [0.4, 0.5) is 5.69 Å². The molecule has 146 valence electrons. The predicted molar refractivity (Wildman–Crippen MR) is 107 cm³/mol. The molecule has 0 aliphatic carbocycles. The highest BCUT2D eigenvalue weighted by Crippen LogP contribution is 2.27. The number of nitrogens with one attached hydrogen (secondary N) is 2. The van der Waals surface area contributed by atoms with Crippen LogP contribution in [-0.4, -0.2) is 27.0 Å². The first-order valence-electron chi connectivity index (χ1n) is 8.15. The van der Waals surface area contributed by atoms with Crippen molar-refractivity contribution in [1.29, 1.82) is 0 Å². The van der Waals surface area contributed by atoms with Crippen LogP contribution in [-0.2, 0) is 14.8 Å². The first kappa shape index (κ1) is 21.5. The summed E-state index contributed by atoms with van der Waals surface area (Å²) >= 11 is 11.9. The number of halogens is 2. The van der Waals surface area contributed by atoms with Crippen molar-refractivity contribution in [2.24, 2.45) is 0 Å². The number of ether oxygens (including phenoxy) is 1. The summed E-state index contributed by atoms with van der Waals surface area (Å²) in [5.41, 5.74) is 1.32. The fourth-order valence-corrected chi connectivity index (χ4v) is 4.04. The monoisotopic (exact) mass is 430 g/mol. The summed E-state index contributed by atoms with van der Waals surface area (Å²) in [6, 6.07) is 8.12. The summed E-state index contributed by atoms with van der Waals surface area (Å²) in [5, 5.41) is 3.40. The van der Waals surface area contributed by atoms with Gasteiger partial charge in [-0.25, -0.2) is 8.42 Å². The van der Waals surface area contributed by atoms with Crippen molar-refractivity contribution < 1.29 is 17.9 Å². The Labute approximate surface area is 168 Å². The maximum Gasteiger partial charge on any atom is 0.242 e. The average molecular weight is 431 g/mol. The molecule has 2 aromatic carbocycles. The smallest absolute Gasteiger partial charge is 0.242 e. The maximum atomic E-state index is 12.5. The van der Waals surface area contributed by atoms with Crippen molar-refractivity contribution in [3.05, 3.63) is 52.0 Å². The lowest BCUT2D eigenvalue weighted by Crippen LogP contribution is -2.41. The van der Waals surface area contributed by atoms with Crippen LogP contribution in [0.15, 0.2) is 41.3 Å². The number of rotatable bonds is 7. The van der Waals surface area contributed by atoms with Crippen molar-refractivity contribution >= 4 is 44.8 Å². The van der Waals surface area contributed by atoms with E-state index in [4.69, 9.17) is 27.9 Å². The summed E-state index contributed by atoms with van der Waals surface area (Å²) in [6.45, 7) is 5.45. The minimum absolute atomic E-state index is 0.0572. The van der Waals surface area contributed by atoms with Gasteiger partial charge in [0.2, 0.25) is 15.9 Å². The number of amides is 1. The van der Waals surface area contributed by atoms with Gasteiger partial charge in [-0.05, 0) is 62.7 Å². The summed E-state index contributed by atoms with van der Waals surface area (Å²) in [5.74, 6) is -0.108. The minimum atomic E-state index is -3.94. The predicted octanol–water partition coefficient (Wildman–Crippen LogP) is 4.01. The Morgan fingerprint density at radius 1 is 1.19 bits per heavy atom. The van der Waals surface area contributed by atoms with Gasteiger partial charge in [-0.15, -0.1) is 0 Å².